The van der Waals surface area contributed by atoms with E-state index in [1.54, 1.807) is 20.8 Å². The largest absolute Gasteiger partial charge is 0.460 e. The van der Waals surface area contributed by atoms with Crippen molar-refractivity contribution in [3.63, 3.8) is 0 Å². The highest BCUT2D eigenvalue weighted by Gasteiger charge is 2.20. The minimum Gasteiger partial charge on any atom is -0.460 e. The standard InChI is InChI=1S/C15H17F2NO2/c1-15(2,3)20-14(19)7-4-10(9-18)12-8-11(16)5-6-13(12)17/h5-6,8,10H,4,7H2,1-3H3. The zero-order valence-electron chi connectivity index (χ0n) is 11.7. The van der Waals surface area contributed by atoms with Crippen LogP contribution in [0.15, 0.2) is 18.2 Å². The number of carbonyl (C=O) groups is 1. The smallest absolute Gasteiger partial charge is 0.306 e. The molecule has 0 spiro atoms. The van der Waals surface area contributed by atoms with Crippen LogP contribution in [0.25, 0.3) is 0 Å². The highest BCUT2D eigenvalue weighted by atomic mass is 19.1. The van der Waals surface area contributed by atoms with E-state index in [9.17, 15) is 13.6 Å². The summed E-state index contributed by atoms with van der Waals surface area (Å²) >= 11 is 0. The molecule has 0 aromatic heterocycles. The van der Waals surface area contributed by atoms with Crippen LogP contribution in [0.3, 0.4) is 0 Å². The van der Waals surface area contributed by atoms with Crippen molar-refractivity contribution in [2.24, 2.45) is 0 Å². The van der Waals surface area contributed by atoms with Crippen molar-refractivity contribution < 1.29 is 18.3 Å². The summed E-state index contributed by atoms with van der Waals surface area (Å²) in [5, 5.41) is 9.05. The van der Waals surface area contributed by atoms with Gasteiger partial charge in [-0.1, -0.05) is 0 Å². The third-order valence-electron chi connectivity index (χ3n) is 2.55. The molecule has 0 bridgehead atoms. The summed E-state index contributed by atoms with van der Waals surface area (Å²) in [5.74, 6) is -2.60. The highest BCUT2D eigenvalue weighted by molar-refractivity contribution is 5.70. The van der Waals surface area contributed by atoms with Gasteiger partial charge in [0.1, 0.15) is 17.2 Å². The van der Waals surface area contributed by atoms with Gasteiger partial charge in [0, 0.05) is 12.0 Å². The number of nitriles is 1. The molecule has 1 unspecified atom stereocenters. The van der Waals surface area contributed by atoms with Gasteiger partial charge >= 0.3 is 5.97 Å². The monoisotopic (exact) mass is 281 g/mol. The average Bonchev–Trinajstić information content (AvgIpc) is 2.32. The molecule has 0 amide bonds. The Labute approximate surface area is 117 Å². The maximum Gasteiger partial charge on any atom is 0.306 e. The lowest BCUT2D eigenvalue weighted by Gasteiger charge is -2.20. The SMILES string of the molecule is CC(C)(C)OC(=O)CCC(C#N)c1cc(F)ccc1F. The Balaban J connectivity index is 2.72. The second kappa shape index (κ2) is 6.47. The highest BCUT2D eigenvalue weighted by Crippen LogP contribution is 2.25. The molecule has 20 heavy (non-hydrogen) atoms. The predicted molar refractivity (Wildman–Crippen MR) is 69.8 cm³/mol. The number of nitrogens with zero attached hydrogens (tertiary/aromatic N) is 1. The molecule has 0 aliphatic carbocycles. The van der Waals surface area contributed by atoms with Gasteiger partial charge in [0.05, 0.1) is 12.0 Å². The Morgan fingerprint density at radius 2 is 2.05 bits per heavy atom. The van der Waals surface area contributed by atoms with Gasteiger partial charge in [-0.2, -0.15) is 5.26 Å². The molecule has 0 heterocycles. The molecule has 1 atom stereocenters. The summed E-state index contributed by atoms with van der Waals surface area (Å²) in [6.45, 7) is 5.21. The summed E-state index contributed by atoms with van der Waals surface area (Å²) < 4.78 is 31.8. The molecular formula is C15H17F2NO2. The number of rotatable bonds is 4. The summed E-state index contributed by atoms with van der Waals surface area (Å²) in [7, 11) is 0. The van der Waals surface area contributed by atoms with Gasteiger partial charge in [-0.15, -0.1) is 0 Å². The first kappa shape index (κ1) is 16.1. The zero-order chi connectivity index (χ0) is 15.3. The van der Waals surface area contributed by atoms with Crippen molar-refractivity contribution in [3.05, 3.63) is 35.4 Å². The van der Waals surface area contributed by atoms with E-state index in [0.29, 0.717) is 0 Å². The molecule has 0 fully saturated rings. The Hall–Kier alpha value is -1.96. The lowest BCUT2D eigenvalue weighted by Crippen LogP contribution is -2.24. The minimum atomic E-state index is -0.877. The third kappa shape index (κ3) is 4.96. The van der Waals surface area contributed by atoms with Crippen molar-refractivity contribution in [1.82, 2.24) is 0 Å². The molecule has 108 valence electrons. The second-order valence-electron chi connectivity index (χ2n) is 5.47. The quantitative estimate of drug-likeness (QED) is 0.791. The second-order valence-corrected chi connectivity index (χ2v) is 5.47. The van der Waals surface area contributed by atoms with Crippen LogP contribution in [0.2, 0.25) is 0 Å². The first-order chi connectivity index (χ1) is 9.23. The van der Waals surface area contributed by atoms with Crippen molar-refractivity contribution in [2.45, 2.75) is 45.1 Å². The lowest BCUT2D eigenvalue weighted by molar-refractivity contribution is -0.154. The fourth-order valence-corrected chi connectivity index (χ4v) is 1.73. The van der Waals surface area contributed by atoms with Crippen molar-refractivity contribution in [3.8, 4) is 6.07 Å². The van der Waals surface area contributed by atoms with Gasteiger partial charge in [-0.25, -0.2) is 8.78 Å². The number of ether oxygens (including phenoxy) is 1. The maximum absolute atomic E-state index is 13.6. The van der Waals surface area contributed by atoms with E-state index < -0.39 is 29.1 Å². The molecule has 1 aromatic carbocycles. The fourth-order valence-electron chi connectivity index (χ4n) is 1.73. The molecule has 0 radical (unpaired) electrons. The molecule has 0 aliphatic heterocycles. The topological polar surface area (TPSA) is 50.1 Å². The van der Waals surface area contributed by atoms with Crippen LogP contribution in [0, 0.1) is 23.0 Å². The zero-order valence-corrected chi connectivity index (χ0v) is 11.7. The number of benzene rings is 1. The van der Waals surface area contributed by atoms with E-state index in [2.05, 4.69) is 0 Å². The molecular weight excluding hydrogens is 264 g/mol. The molecule has 0 saturated carbocycles. The van der Waals surface area contributed by atoms with Crippen molar-refractivity contribution >= 4 is 5.97 Å². The number of carbonyl (C=O) groups excluding carboxylic acids is 1. The number of esters is 1. The molecule has 0 N–H and O–H groups in total. The summed E-state index contributed by atoms with van der Waals surface area (Å²) in [4.78, 5) is 11.6. The fraction of sp³-hybridized carbons (Fsp3) is 0.467. The van der Waals surface area contributed by atoms with Gasteiger partial charge < -0.3 is 4.74 Å². The molecule has 3 nitrogen and oxygen atoms in total. The van der Waals surface area contributed by atoms with E-state index in [-0.39, 0.29) is 18.4 Å². The Morgan fingerprint density at radius 1 is 1.40 bits per heavy atom. The predicted octanol–water partition coefficient (Wildman–Crippen LogP) is 3.69. The molecule has 0 saturated heterocycles. The molecule has 0 aliphatic rings. The van der Waals surface area contributed by atoms with E-state index in [0.717, 1.165) is 18.2 Å². The van der Waals surface area contributed by atoms with Crippen LogP contribution in [0.5, 0.6) is 0 Å². The van der Waals surface area contributed by atoms with Gasteiger partial charge in [0.2, 0.25) is 0 Å². The van der Waals surface area contributed by atoms with Crippen molar-refractivity contribution in [1.29, 1.82) is 5.26 Å². The number of halogens is 2. The lowest BCUT2D eigenvalue weighted by atomic mass is 9.95. The van der Waals surface area contributed by atoms with Crippen LogP contribution in [0.1, 0.15) is 45.1 Å². The van der Waals surface area contributed by atoms with Crippen LogP contribution >= 0.6 is 0 Å². The number of hydrogen-bond acceptors (Lipinski definition) is 3. The maximum atomic E-state index is 13.6. The van der Waals surface area contributed by atoms with E-state index >= 15 is 0 Å². The first-order valence-corrected chi connectivity index (χ1v) is 6.29. The minimum absolute atomic E-state index is 0.0224. The first-order valence-electron chi connectivity index (χ1n) is 6.29. The van der Waals surface area contributed by atoms with E-state index in [1.165, 1.54) is 0 Å². The number of hydrogen-bond donors (Lipinski definition) is 0. The third-order valence-corrected chi connectivity index (χ3v) is 2.55. The Morgan fingerprint density at radius 3 is 2.60 bits per heavy atom. The van der Waals surface area contributed by atoms with Gasteiger partial charge in [-0.3, -0.25) is 4.79 Å². The van der Waals surface area contributed by atoms with Gasteiger partial charge in [0.15, 0.2) is 0 Å². The van der Waals surface area contributed by atoms with Crippen LogP contribution < -0.4 is 0 Å². The Kier molecular flexibility index (Phi) is 5.20. The summed E-state index contributed by atoms with van der Waals surface area (Å²) in [6.07, 6.45) is 0.0667. The Bertz CT molecular complexity index is 530. The normalized spacial score (nSPS) is 12.6. The van der Waals surface area contributed by atoms with Crippen LogP contribution in [-0.2, 0) is 9.53 Å². The van der Waals surface area contributed by atoms with E-state index in [1.807, 2.05) is 6.07 Å². The molecule has 1 rings (SSSR count). The molecule has 1 aromatic rings. The molecule has 5 heteroatoms. The summed E-state index contributed by atoms with van der Waals surface area (Å²) in [6, 6.07) is 4.84. The van der Waals surface area contributed by atoms with Crippen LogP contribution in [-0.4, -0.2) is 11.6 Å². The summed E-state index contributed by atoms with van der Waals surface area (Å²) in [5.41, 5.74) is -0.639. The van der Waals surface area contributed by atoms with Crippen molar-refractivity contribution in [2.75, 3.05) is 0 Å². The van der Waals surface area contributed by atoms with Crippen LogP contribution in [0.4, 0.5) is 8.78 Å². The van der Waals surface area contributed by atoms with Gasteiger partial charge in [0.25, 0.3) is 0 Å². The van der Waals surface area contributed by atoms with E-state index in [4.69, 9.17) is 10.00 Å². The van der Waals surface area contributed by atoms with Gasteiger partial charge in [-0.05, 0) is 45.4 Å². The average molecular weight is 281 g/mol.